The first-order chi connectivity index (χ1) is 11.7. The van der Waals surface area contributed by atoms with Crippen LogP contribution in [0, 0.1) is 6.92 Å². The van der Waals surface area contributed by atoms with Crippen molar-refractivity contribution in [2.45, 2.75) is 26.7 Å². The standard InChI is InChI=1S/C20H21N3S/c1-15-6-9-17(10-7-15)20-22-18(5-3-4-12-24)14-23(20)19-11-8-16(2)21-13-19/h3-7,9-10,12-14,24H,8,11H2,1-2H3/b5-3+,12-4-. The molecular weight excluding hydrogens is 314 g/mol. The van der Waals surface area contributed by atoms with Gasteiger partial charge in [0.05, 0.1) is 5.69 Å². The molecule has 24 heavy (non-hydrogen) atoms. The van der Waals surface area contributed by atoms with Crippen molar-refractivity contribution in [2.75, 3.05) is 0 Å². The Balaban J connectivity index is 2.06. The van der Waals surface area contributed by atoms with Crippen molar-refractivity contribution in [1.82, 2.24) is 9.55 Å². The maximum atomic E-state index is 4.80. The van der Waals surface area contributed by atoms with Crippen LogP contribution < -0.4 is 0 Å². The van der Waals surface area contributed by atoms with Gasteiger partial charge in [-0.05, 0) is 38.2 Å². The average molecular weight is 335 g/mol. The Hall–Kier alpha value is -2.33. The molecule has 4 heteroatoms. The van der Waals surface area contributed by atoms with Crippen molar-refractivity contribution in [3.05, 3.63) is 65.5 Å². The summed E-state index contributed by atoms with van der Waals surface area (Å²) in [6.07, 6.45) is 11.8. The summed E-state index contributed by atoms with van der Waals surface area (Å²) in [6, 6.07) is 8.47. The Morgan fingerprint density at radius 2 is 1.88 bits per heavy atom. The third kappa shape index (κ3) is 3.77. The normalized spacial score (nSPS) is 15.1. The quantitative estimate of drug-likeness (QED) is 0.591. The Morgan fingerprint density at radius 3 is 2.54 bits per heavy atom. The van der Waals surface area contributed by atoms with Gasteiger partial charge in [-0.15, -0.1) is 0 Å². The number of rotatable bonds is 4. The van der Waals surface area contributed by atoms with Crippen molar-refractivity contribution in [3.63, 3.8) is 0 Å². The number of thiol groups is 1. The Labute approximate surface area is 148 Å². The topological polar surface area (TPSA) is 30.2 Å². The first-order valence-electron chi connectivity index (χ1n) is 8.04. The Kier molecular flexibility index (Phi) is 5.16. The molecule has 0 bridgehead atoms. The minimum absolute atomic E-state index is 0.921. The van der Waals surface area contributed by atoms with E-state index >= 15 is 0 Å². The largest absolute Gasteiger partial charge is 0.301 e. The molecule has 0 N–H and O–H groups in total. The molecule has 1 aliphatic heterocycles. The minimum atomic E-state index is 0.921. The van der Waals surface area contributed by atoms with Crippen molar-refractivity contribution < 1.29 is 0 Å². The summed E-state index contributed by atoms with van der Waals surface area (Å²) in [5.41, 5.74) is 5.62. The monoisotopic (exact) mass is 335 g/mol. The van der Waals surface area contributed by atoms with E-state index in [9.17, 15) is 0 Å². The van der Waals surface area contributed by atoms with Crippen LogP contribution in [0.25, 0.3) is 23.2 Å². The molecule has 2 aromatic rings. The first kappa shape index (κ1) is 16.5. The van der Waals surface area contributed by atoms with Crippen molar-refractivity contribution in [3.8, 4) is 11.4 Å². The van der Waals surface area contributed by atoms with Crippen molar-refractivity contribution >= 4 is 30.1 Å². The van der Waals surface area contributed by atoms with Gasteiger partial charge >= 0.3 is 0 Å². The summed E-state index contributed by atoms with van der Waals surface area (Å²) >= 11 is 4.07. The summed E-state index contributed by atoms with van der Waals surface area (Å²) in [6.45, 7) is 4.16. The molecular formula is C20H21N3S. The van der Waals surface area contributed by atoms with E-state index < -0.39 is 0 Å². The number of aliphatic imine (C=N–C) groups is 1. The van der Waals surface area contributed by atoms with E-state index in [0.717, 1.165) is 29.9 Å². The predicted octanol–water partition coefficient (Wildman–Crippen LogP) is 5.37. The number of hydrogen-bond donors (Lipinski definition) is 1. The van der Waals surface area contributed by atoms with Crippen LogP contribution in [0.4, 0.5) is 0 Å². The predicted molar refractivity (Wildman–Crippen MR) is 106 cm³/mol. The molecule has 1 aromatic heterocycles. The molecule has 0 radical (unpaired) electrons. The maximum absolute atomic E-state index is 4.80. The van der Waals surface area contributed by atoms with Gasteiger partial charge in [-0.3, -0.25) is 4.99 Å². The lowest BCUT2D eigenvalue weighted by Crippen LogP contribution is -2.05. The molecule has 122 valence electrons. The number of aryl methyl sites for hydroxylation is 1. The molecule has 0 amide bonds. The van der Waals surface area contributed by atoms with Crippen LogP contribution in [0.1, 0.15) is 31.0 Å². The van der Waals surface area contributed by atoms with Crippen LogP contribution in [0.15, 0.2) is 59.2 Å². The van der Waals surface area contributed by atoms with Gasteiger partial charge in [0.15, 0.2) is 0 Å². The fraction of sp³-hybridized carbons (Fsp3) is 0.200. The second-order valence-corrected chi connectivity index (χ2v) is 6.21. The molecule has 2 heterocycles. The molecule has 0 spiro atoms. The minimum Gasteiger partial charge on any atom is -0.301 e. The molecule has 3 rings (SSSR count). The summed E-state index contributed by atoms with van der Waals surface area (Å²) in [5, 5.41) is 1.70. The van der Waals surface area contributed by atoms with Crippen LogP contribution in [0.5, 0.6) is 0 Å². The van der Waals surface area contributed by atoms with E-state index in [-0.39, 0.29) is 0 Å². The van der Waals surface area contributed by atoms with Crippen molar-refractivity contribution in [2.24, 2.45) is 4.99 Å². The zero-order valence-electron chi connectivity index (χ0n) is 14.0. The average Bonchev–Trinajstić information content (AvgIpc) is 3.01. The van der Waals surface area contributed by atoms with E-state index in [0.29, 0.717) is 0 Å². The molecule has 0 saturated carbocycles. The second-order valence-electron chi connectivity index (χ2n) is 5.91. The van der Waals surface area contributed by atoms with Gasteiger partial charge in [-0.25, -0.2) is 4.98 Å². The van der Waals surface area contributed by atoms with Crippen molar-refractivity contribution in [1.29, 1.82) is 0 Å². The van der Waals surface area contributed by atoms with Gasteiger partial charge in [0.1, 0.15) is 5.82 Å². The molecule has 0 aliphatic carbocycles. The lowest BCUT2D eigenvalue weighted by atomic mass is 10.1. The summed E-state index contributed by atoms with van der Waals surface area (Å²) in [7, 11) is 0. The van der Waals surface area contributed by atoms with Crippen LogP contribution >= 0.6 is 12.6 Å². The first-order valence-corrected chi connectivity index (χ1v) is 8.55. The lowest BCUT2D eigenvalue weighted by molar-refractivity contribution is 0.950. The molecule has 3 nitrogen and oxygen atoms in total. The van der Waals surface area contributed by atoms with Crippen LogP contribution in [-0.4, -0.2) is 15.3 Å². The molecule has 0 fully saturated rings. The van der Waals surface area contributed by atoms with E-state index in [1.165, 1.54) is 17.0 Å². The van der Waals surface area contributed by atoms with Gasteiger partial charge in [0, 0.05) is 29.4 Å². The van der Waals surface area contributed by atoms with Crippen LogP contribution in [0.3, 0.4) is 0 Å². The zero-order valence-corrected chi connectivity index (χ0v) is 14.9. The van der Waals surface area contributed by atoms with E-state index in [2.05, 4.69) is 66.5 Å². The maximum Gasteiger partial charge on any atom is 0.144 e. The molecule has 1 aromatic carbocycles. The van der Waals surface area contributed by atoms with E-state index in [1.807, 2.05) is 24.4 Å². The third-order valence-corrected chi connectivity index (χ3v) is 4.16. The smallest absolute Gasteiger partial charge is 0.144 e. The number of benzene rings is 1. The summed E-state index contributed by atoms with van der Waals surface area (Å²) in [4.78, 5) is 9.29. The SMILES string of the molecule is CC1=NC=C(n2cc(/C=C/C=C\S)nc2-c2ccc(C)cc2)CC1. The lowest BCUT2D eigenvalue weighted by Gasteiger charge is -2.15. The number of nitrogens with zero attached hydrogens (tertiary/aromatic N) is 3. The fourth-order valence-corrected chi connectivity index (χ4v) is 2.71. The van der Waals surface area contributed by atoms with Gasteiger partial charge in [0.2, 0.25) is 0 Å². The highest BCUT2D eigenvalue weighted by Crippen LogP contribution is 2.27. The van der Waals surface area contributed by atoms with Gasteiger partial charge in [-0.2, -0.15) is 12.6 Å². The number of hydrogen-bond acceptors (Lipinski definition) is 3. The number of imidazole rings is 1. The highest BCUT2D eigenvalue weighted by molar-refractivity contribution is 7.83. The molecule has 0 atom stereocenters. The van der Waals surface area contributed by atoms with Crippen LogP contribution in [0.2, 0.25) is 0 Å². The number of aromatic nitrogens is 2. The third-order valence-electron chi connectivity index (χ3n) is 3.98. The molecule has 0 unspecified atom stereocenters. The number of allylic oxidation sites excluding steroid dienone is 3. The van der Waals surface area contributed by atoms with E-state index in [1.54, 1.807) is 5.41 Å². The highest BCUT2D eigenvalue weighted by atomic mass is 32.1. The molecule has 0 saturated heterocycles. The van der Waals surface area contributed by atoms with E-state index in [4.69, 9.17) is 4.98 Å². The summed E-state index contributed by atoms with van der Waals surface area (Å²) < 4.78 is 2.16. The van der Waals surface area contributed by atoms with Gasteiger partial charge in [0.25, 0.3) is 0 Å². The second kappa shape index (κ2) is 7.49. The molecule has 1 aliphatic rings. The Morgan fingerprint density at radius 1 is 1.08 bits per heavy atom. The Bertz CT molecular complexity index is 836. The fourth-order valence-electron chi connectivity index (χ4n) is 2.61. The summed E-state index contributed by atoms with van der Waals surface area (Å²) in [5.74, 6) is 0.950. The highest BCUT2D eigenvalue weighted by Gasteiger charge is 2.14. The van der Waals surface area contributed by atoms with Gasteiger partial charge in [-0.1, -0.05) is 42.0 Å². The van der Waals surface area contributed by atoms with Crippen LogP contribution in [-0.2, 0) is 0 Å². The van der Waals surface area contributed by atoms with Gasteiger partial charge < -0.3 is 4.57 Å². The zero-order chi connectivity index (χ0) is 16.9.